The highest BCUT2D eigenvalue weighted by Gasteiger charge is 2.26. The summed E-state index contributed by atoms with van der Waals surface area (Å²) in [5, 5.41) is 4.15. The Kier molecular flexibility index (Phi) is 3.57. The zero-order valence-electron chi connectivity index (χ0n) is 12.0. The standard InChI is InChI=1S/C16H21N3O/c1-10(2)14(17)16-18-15(19-20-16)13-8-7-11-5-3-4-6-12(11)9-13/h3-6,10,13-14H,7-9,17H2,1-2H3/t13?,14-/m1/s1. The predicted molar refractivity (Wildman–Crippen MR) is 77.3 cm³/mol. The molecule has 0 bridgehead atoms. The second-order valence-corrected chi connectivity index (χ2v) is 5.97. The molecule has 106 valence electrons. The van der Waals surface area contributed by atoms with E-state index < -0.39 is 0 Å². The fourth-order valence-electron chi connectivity index (χ4n) is 2.75. The minimum Gasteiger partial charge on any atom is -0.338 e. The molecule has 2 aromatic rings. The highest BCUT2D eigenvalue weighted by atomic mass is 16.5. The van der Waals surface area contributed by atoms with Gasteiger partial charge < -0.3 is 10.3 Å². The van der Waals surface area contributed by atoms with E-state index in [2.05, 4.69) is 48.3 Å². The molecule has 20 heavy (non-hydrogen) atoms. The van der Waals surface area contributed by atoms with Gasteiger partial charge in [0.25, 0.3) is 0 Å². The number of nitrogens with zero attached hydrogens (tertiary/aromatic N) is 2. The van der Waals surface area contributed by atoms with Gasteiger partial charge in [-0.2, -0.15) is 4.98 Å². The third-order valence-corrected chi connectivity index (χ3v) is 4.17. The van der Waals surface area contributed by atoms with Crippen molar-refractivity contribution < 1.29 is 4.52 Å². The van der Waals surface area contributed by atoms with Gasteiger partial charge in [-0.3, -0.25) is 0 Å². The van der Waals surface area contributed by atoms with Gasteiger partial charge in [-0.05, 0) is 36.3 Å². The van der Waals surface area contributed by atoms with E-state index in [0.717, 1.165) is 25.1 Å². The molecular formula is C16H21N3O. The molecule has 0 aliphatic heterocycles. The number of hydrogen-bond donors (Lipinski definition) is 1. The second kappa shape index (κ2) is 5.37. The molecule has 0 saturated heterocycles. The summed E-state index contributed by atoms with van der Waals surface area (Å²) < 4.78 is 5.34. The Labute approximate surface area is 119 Å². The number of aryl methyl sites for hydroxylation is 1. The zero-order chi connectivity index (χ0) is 14.1. The first-order valence-electron chi connectivity index (χ1n) is 7.31. The van der Waals surface area contributed by atoms with Crippen LogP contribution in [-0.2, 0) is 12.8 Å². The first-order valence-corrected chi connectivity index (χ1v) is 7.31. The fraction of sp³-hybridized carbons (Fsp3) is 0.500. The molecule has 4 heteroatoms. The van der Waals surface area contributed by atoms with E-state index in [1.807, 2.05) is 0 Å². The van der Waals surface area contributed by atoms with Gasteiger partial charge >= 0.3 is 0 Å². The van der Waals surface area contributed by atoms with Gasteiger partial charge in [0.15, 0.2) is 5.82 Å². The van der Waals surface area contributed by atoms with Crippen LogP contribution in [-0.4, -0.2) is 10.1 Å². The lowest BCUT2D eigenvalue weighted by atomic mass is 9.83. The normalized spacial score (nSPS) is 19.9. The highest BCUT2D eigenvalue weighted by Crippen LogP contribution is 2.31. The molecule has 0 radical (unpaired) electrons. The van der Waals surface area contributed by atoms with Gasteiger partial charge in [-0.1, -0.05) is 43.3 Å². The monoisotopic (exact) mass is 271 g/mol. The van der Waals surface area contributed by atoms with E-state index in [4.69, 9.17) is 10.3 Å². The van der Waals surface area contributed by atoms with Crippen molar-refractivity contribution in [3.05, 3.63) is 47.1 Å². The van der Waals surface area contributed by atoms with Crippen molar-refractivity contribution in [2.75, 3.05) is 0 Å². The quantitative estimate of drug-likeness (QED) is 0.932. The highest BCUT2D eigenvalue weighted by molar-refractivity contribution is 5.31. The van der Waals surface area contributed by atoms with Gasteiger partial charge in [-0.25, -0.2) is 0 Å². The lowest BCUT2D eigenvalue weighted by molar-refractivity contribution is 0.320. The average Bonchev–Trinajstić information content (AvgIpc) is 2.95. The van der Waals surface area contributed by atoms with Crippen LogP contribution in [0.4, 0.5) is 0 Å². The van der Waals surface area contributed by atoms with Crippen LogP contribution >= 0.6 is 0 Å². The molecule has 1 heterocycles. The molecule has 2 N–H and O–H groups in total. The summed E-state index contributed by atoms with van der Waals surface area (Å²) in [5.41, 5.74) is 8.92. The summed E-state index contributed by atoms with van der Waals surface area (Å²) >= 11 is 0. The van der Waals surface area contributed by atoms with Crippen LogP contribution in [0.1, 0.15) is 55.1 Å². The summed E-state index contributed by atoms with van der Waals surface area (Å²) in [7, 11) is 0. The Bertz CT molecular complexity index is 591. The molecule has 0 fully saturated rings. The van der Waals surface area contributed by atoms with Crippen molar-refractivity contribution in [3.63, 3.8) is 0 Å². The Morgan fingerprint density at radius 3 is 2.75 bits per heavy atom. The maximum atomic E-state index is 6.06. The first-order chi connectivity index (χ1) is 9.65. The Hall–Kier alpha value is -1.68. The van der Waals surface area contributed by atoms with E-state index >= 15 is 0 Å². The SMILES string of the molecule is CC(C)[C@@H](N)c1nc(C2CCc3ccccc3C2)no1. The van der Waals surface area contributed by atoms with E-state index in [1.54, 1.807) is 0 Å². The van der Waals surface area contributed by atoms with Crippen molar-refractivity contribution in [3.8, 4) is 0 Å². The number of aromatic nitrogens is 2. The van der Waals surface area contributed by atoms with Crippen molar-refractivity contribution >= 4 is 0 Å². The fourth-order valence-corrected chi connectivity index (χ4v) is 2.75. The number of fused-ring (bicyclic) bond motifs is 1. The third-order valence-electron chi connectivity index (χ3n) is 4.17. The molecular weight excluding hydrogens is 250 g/mol. The molecule has 4 nitrogen and oxygen atoms in total. The number of nitrogens with two attached hydrogens (primary N) is 1. The summed E-state index contributed by atoms with van der Waals surface area (Å²) in [6.45, 7) is 4.12. The third kappa shape index (κ3) is 2.48. The minimum atomic E-state index is -0.174. The van der Waals surface area contributed by atoms with Gasteiger partial charge in [-0.15, -0.1) is 0 Å². The summed E-state index contributed by atoms with van der Waals surface area (Å²) in [5.74, 6) is 2.02. The van der Waals surface area contributed by atoms with Crippen LogP contribution in [0.15, 0.2) is 28.8 Å². The van der Waals surface area contributed by atoms with Crippen molar-refractivity contribution in [2.24, 2.45) is 11.7 Å². The maximum Gasteiger partial charge on any atom is 0.243 e. The van der Waals surface area contributed by atoms with Gasteiger partial charge in [0.1, 0.15) is 0 Å². The van der Waals surface area contributed by atoms with Crippen molar-refractivity contribution in [1.29, 1.82) is 0 Å². The van der Waals surface area contributed by atoms with Crippen molar-refractivity contribution in [1.82, 2.24) is 10.1 Å². The van der Waals surface area contributed by atoms with Crippen LogP contribution in [0.3, 0.4) is 0 Å². The van der Waals surface area contributed by atoms with Crippen LogP contribution in [0, 0.1) is 5.92 Å². The van der Waals surface area contributed by atoms with Gasteiger partial charge in [0, 0.05) is 5.92 Å². The van der Waals surface area contributed by atoms with E-state index in [0.29, 0.717) is 17.7 Å². The Balaban J connectivity index is 1.78. The van der Waals surface area contributed by atoms with Crippen LogP contribution in [0.5, 0.6) is 0 Å². The van der Waals surface area contributed by atoms with Gasteiger partial charge in [0.2, 0.25) is 5.89 Å². The lowest BCUT2D eigenvalue weighted by Gasteiger charge is -2.21. The van der Waals surface area contributed by atoms with E-state index in [-0.39, 0.29) is 6.04 Å². The number of rotatable bonds is 3. The van der Waals surface area contributed by atoms with Crippen molar-refractivity contribution in [2.45, 2.75) is 45.1 Å². The smallest absolute Gasteiger partial charge is 0.243 e. The maximum absolute atomic E-state index is 6.06. The molecule has 1 unspecified atom stereocenters. The lowest BCUT2D eigenvalue weighted by Crippen LogP contribution is -2.18. The van der Waals surface area contributed by atoms with E-state index in [1.165, 1.54) is 11.1 Å². The summed E-state index contributed by atoms with van der Waals surface area (Å²) in [6, 6.07) is 8.43. The molecule has 3 rings (SSSR count). The zero-order valence-corrected chi connectivity index (χ0v) is 12.0. The van der Waals surface area contributed by atoms with Crippen LogP contribution in [0.2, 0.25) is 0 Å². The number of hydrogen-bond acceptors (Lipinski definition) is 4. The largest absolute Gasteiger partial charge is 0.338 e. The molecule has 2 atom stereocenters. The molecule has 1 aromatic heterocycles. The number of benzene rings is 1. The minimum absolute atomic E-state index is 0.174. The Morgan fingerprint density at radius 1 is 1.25 bits per heavy atom. The average molecular weight is 271 g/mol. The first kappa shape index (κ1) is 13.3. The predicted octanol–water partition coefficient (Wildman–Crippen LogP) is 3.00. The molecule has 1 aliphatic rings. The summed E-state index contributed by atoms with van der Waals surface area (Å²) in [6.07, 6.45) is 3.15. The van der Waals surface area contributed by atoms with Crippen LogP contribution < -0.4 is 5.73 Å². The summed E-state index contributed by atoms with van der Waals surface area (Å²) in [4.78, 5) is 4.53. The molecule has 0 saturated carbocycles. The molecule has 1 aromatic carbocycles. The van der Waals surface area contributed by atoms with Gasteiger partial charge in [0.05, 0.1) is 6.04 Å². The molecule has 0 amide bonds. The molecule has 1 aliphatic carbocycles. The Morgan fingerprint density at radius 2 is 2.00 bits per heavy atom. The molecule has 0 spiro atoms. The van der Waals surface area contributed by atoms with Crippen LogP contribution in [0.25, 0.3) is 0 Å². The second-order valence-electron chi connectivity index (χ2n) is 5.97. The topological polar surface area (TPSA) is 64.9 Å². The van der Waals surface area contributed by atoms with E-state index in [9.17, 15) is 0 Å².